The fourth-order valence-corrected chi connectivity index (χ4v) is 1.68. The van der Waals surface area contributed by atoms with Crippen LogP contribution in [0, 0.1) is 0 Å². The van der Waals surface area contributed by atoms with Crippen molar-refractivity contribution in [2.75, 3.05) is 17.7 Å². The molecule has 0 saturated carbocycles. The first-order valence-corrected chi connectivity index (χ1v) is 6.59. The summed E-state index contributed by atoms with van der Waals surface area (Å²) in [5, 5.41) is 2.62. The van der Waals surface area contributed by atoms with E-state index in [-0.39, 0.29) is 12.5 Å². The molecule has 3 N–H and O–H groups in total. The van der Waals surface area contributed by atoms with Crippen LogP contribution in [0.5, 0.6) is 11.5 Å². The summed E-state index contributed by atoms with van der Waals surface area (Å²) >= 11 is 0. The molecule has 0 unspecified atom stereocenters. The minimum atomic E-state index is -0.524. The number of ether oxygens (including phenoxy) is 2. The van der Waals surface area contributed by atoms with Crippen LogP contribution in [-0.4, -0.2) is 18.5 Å². The van der Waals surface area contributed by atoms with Gasteiger partial charge in [-0.05, 0) is 48.5 Å². The first-order valence-electron chi connectivity index (χ1n) is 6.59. The number of hydrogen-bond donors (Lipinski definition) is 2. The number of benzene rings is 2. The van der Waals surface area contributed by atoms with Crippen molar-refractivity contribution in [3.63, 3.8) is 0 Å². The van der Waals surface area contributed by atoms with Gasteiger partial charge in [-0.1, -0.05) is 0 Å². The van der Waals surface area contributed by atoms with Crippen molar-refractivity contribution in [3.05, 3.63) is 48.5 Å². The van der Waals surface area contributed by atoms with E-state index in [2.05, 4.69) is 5.32 Å². The Balaban J connectivity index is 1.83. The average Bonchev–Trinajstić information content (AvgIpc) is 2.48. The zero-order valence-electron chi connectivity index (χ0n) is 12.0. The van der Waals surface area contributed by atoms with E-state index < -0.39 is 5.97 Å². The summed E-state index contributed by atoms with van der Waals surface area (Å²) in [6.45, 7) is 1.21. The van der Waals surface area contributed by atoms with Crippen LogP contribution < -0.4 is 20.5 Å². The van der Waals surface area contributed by atoms with E-state index in [1.54, 1.807) is 48.5 Å². The van der Waals surface area contributed by atoms with Crippen molar-refractivity contribution in [2.45, 2.75) is 6.92 Å². The average molecular weight is 300 g/mol. The Morgan fingerprint density at radius 2 is 1.59 bits per heavy atom. The lowest BCUT2D eigenvalue weighted by atomic mass is 10.3. The standard InChI is InChI=1S/C16H16N2O4/c1-11(19)18-13-4-8-15(9-5-13)22-16(20)10-21-14-6-2-12(17)3-7-14/h2-9H,10,17H2,1H3,(H,18,19). The highest BCUT2D eigenvalue weighted by atomic mass is 16.6. The van der Waals surface area contributed by atoms with E-state index >= 15 is 0 Å². The molecule has 0 aliphatic rings. The molecule has 0 bridgehead atoms. The normalized spacial score (nSPS) is 9.86. The number of nitrogens with two attached hydrogens (primary N) is 1. The molecule has 2 aromatic carbocycles. The minimum Gasteiger partial charge on any atom is -0.482 e. The number of hydrogen-bond acceptors (Lipinski definition) is 5. The lowest BCUT2D eigenvalue weighted by Gasteiger charge is -2.08. The van der Waals surface area contributed by atoms with Crippen LogP contribution >= 0.6 is 0 Å². The molecule has 1 amide bonds. The second-order valence-electron chi connectivity index (χ2n) is 4.54. The van der Waals surface area contributed by atoms with Gasteiger partial charge in [-0.15, -0.1) is 0 Å². The Bertz CT molecular complexity index is 651. The molecule has 0 atom stereocenters. The third-order valence-corrected chi connectivity index (χ3v) is 2.64. The Labute approximate surface area is 127 Å². The molecule has 6 heteroatoms. The van der Waals surface area contributed by atoms with Gasteiger partial charge >= 0.3 is 5.97 Å². The second kappa shape index (κ2) is 7.12. The largest absolute Gasteiger partial charge is 0.482 e. The molecule has 0 fully saturated rings. The molecule has 2 rings (SSSR count). The van der Waals surface area contributed by atoms with Crippen LogP contribution in [0.25, 0.3) is 0 Å². The van der Waals surface area contributed by atoms with E-state index in [0.29, 0.717) is 22.9 Å². The van der Waals surface area contributed by atoms with Gasteiger partial charge in [-0.2, -0.15) is 0 Å². The third-order valence-electron chi connectivity index (χ3n) is 2.64. The lowest BCUT2D eigenvalue weighted by Crippen LogP contribution is -2.17. The quantitative estimate of drug-likeness (QED) is 0.502. The minimum absolute atomic E-state index is 0.165. The molecule has 6 nitrogen and oxygen atoms in total. The van der Waals surface area contributed by atoms with Gasteiger partial charge in [0.25, 0.3) is 0 Å². The highest BCUT2D eigenvalue weighted by Crippen LogP contribution is 2.16. The zero-order valence-corrected chi connectivity index (χ0v) is 12.0. The summed E-state index contributed by atoms with van der Waals surface area (Å²) in [5.74, 6) is 0.220. The third kappa shape index (κ3) is 4.82. The highest BCUT2D eigenvalue weighted by Gasteiger charge is 2.06. The number of esters is 1. The number of anilines is 2. The SMILES string of the molecule is CC(=O)Nc1ccc(OC(=O)COc2ccc(N)cc2)cc1. The smallest absolute Gasteiger partial charge is 0.349 e. The summed E-state index contributed by atoms with van der Waals surface area (Å²) in [4.78, 5) is 22.6. The Kier molecular flexibility index (Phi) is 4.98. The van der Waals surface area contributed by atoms with Gasteiger partial charge < -0.3 is 20.5 Å². The summed E-state index contributed by atoms with van der Waals surface area (Å²) in [5.41, 5.74) is 6.80. The summed E-state index contributed by atoms with van der Waals surface area (Å²) in [7, 11) is 0. The fourth-order valence-electron chi connectivity index (χ4n) is 1.68. The van der Waals surface area contributed by atoms with Crippen LogP contribution in [0.4, 0.5) is 11.4 Å². The van der Waals surface area contributed by atoms with Crippen LogP contribution in [-0.2, 0) is 9.59 Å². The molecular weight excluding hydrogens is 284 g/mol. The molecule has 22 heavy (non-hydrogen) atoms. The number of amides is 1. The molecule has 0 heterocycles. The van der Waals surface area contributed by atoms with E-state index in [1.165, 1.54) is 6.92 Å². The molecule has 0 aliphatic heterocycles. The maximum atomic E-state index is 11.7. The zero-order chi connectivity index (χ0) is 15.9. The monoisotopic (exact) mass is 300 g/mol. The van der Waals surface area contributed by atoms with E-state index in [1.807, 2.05) is 0 Å². The van der Waals surface area contributed by atoms with Crippen molar-refractivity contribution >= 4 is 23.3 Å². The van der Waals surface area contributed by atoms with Crippen molar-refractivity contribution in [2.24, 2.45) is 0 Å². The topological polar surface area (TPSA) is 90.6 Å². The van der Waals surface area contributed by atoms with Crippen molar-refractivity contribution in [3.8, 4) is 11.5 Å². The van der Waals surface area contributed by atoms with Crippen LogP contribution in [0.1, 0.15) is 6.92 Å². The van der Waals surface area contributed by atoms with Gasteiger partial charge in [0.05, 0.1) is 0 Å². The lowest BCUT2D eigenvalue weighted by molar-refractivity contribution is -0.136. The van der Waals surface area contributed by atoms with Gasteiger partial charge in [0.1, 0.15) is 11.5 Å². The van der Waals surface area contributed by atoms with Crippen LogP contribution in [0.15, 0.2) is 48.5 Å². The van der Waals surface area contributed by atoms with Gasteiger partial charge in [0, 0.05) is 18.3 Å². The van der Waals surface area contributed by atoms with E-state index in [9.17, 15) is 9.59 Å². The number of nitrogens with one attached hydrogen (secondary N) is 1. The summed E-state index contributed by atoms with van der Waals surface area (Å²) in [6, 6.07) is 13.2. The number of nitrogen functional groups attached to an aromatic ring is 1. The molecule has 0 radical (unpaired) electrons. The Hall–Kier alpha value is -3.02. The van der Waals surface area contributed by atoms with Gasteiger partial charge in [0.15, 0.2) is 6.61 Å². The highest BCUT2D eigenvalue weighted by molar-refractivity contribution is 5.88. The van der Waals surface area contributed by atoms with Crippen molar-refractivity contribution < 1.29 is 19.1 Å². The second-order valence-corrected chi connectivity index (χ2v) is 4.54. The van der Waals surface area contributed by atoms with Gasteiger partial charge in [-0.25, -0.2) is 4.79 Å². The molecule has 0 aliphatic carbocycles. The molecule has 114 valence electrons. The maximum absolute atomic E-state index is 11.7. The van der Waals surface area contributed by atoms with Gasteiger partial charge in [0.2, 0.25) is 5.91 Å². The maximum Gasteiger partial charge on any atom is 0.349 e. The van der Waals surface area contributed by atoms with Crippen LogP contribution in [0.2, 0.25) is 0 Å². The first kappa shape index (κ1) is 15.4. The van der Waals surface area contributed by atoms with Crippen molar-refractivity contribution in [1.82, 2.24) is 0 Å². The molecule has 0 aromatic heterocycles. The first-order chi connectivity index (χ1) is 10.5. The number of carbonyl (C=O) groups excluding carboxylic acids is 2. The van der Waals surface area contributed by atoms with Gasteiger partial charge in [-0.3, -0.25) is 4.79 Å². The summed E-state index contributed by atoms with van der Waals surface area (Å²) in [6.07, 6.45) is 0. The molecule has 0 saturated heterocycles. The molecule has 2 aromatic rings. The predicted molar refractivity (Wildman–Crippen MR) is 82.7 cm³/mol. The van der Waals surface area contributed by atoms with E-state index in [0.717, 1.165) is 0 Å². The Morgan fingerprint density at radius 1 is 1.00 bits per heavy atom. The number of rotatable bonds is 5. The fraction of sp³-hybridized carbons (Fsp3) is 0.125. The molecule has 0 spiro atoms. The van der Waals surface area contributed by atoms with Crippen LogP contribution in [0.3, 0.4) is 0 Å². The number of carbonyl (C=O) groups is 2. The molecular formula is C16H16N2O4. The predicted octanol–water partition coefficient (Wildman–Crippen LogP) is 2.21. The van der Waals surface area contributed by atoms with Crippen molar-refractivity contribution in [1.29, 1.82) is 0 Å². The van der Waals surface area contributed by atoms with E-state index in [4.69, 9.17) is 15.2 Å². The summed E-state index contributed by atoms with van der Waals surface area (Å²) < 4.78 is 10.4. The Morgan fingerprint density at radius 3 is 2.18 bits per heavy atom.